The van der Waals surface area contributed by atoms with Crippen molar-refractivity contribution in [1.29, 1.82) is 0 Å². The van der Waals surface area contributed by atoms with E-state index in [2.05, 4.69) is 11.4 Å². The highest BCUT2D eigenvalue weighted by Gasteiger charge is 2.02. The van der Waals surface area contributed by atoms with E-state index in [0.717, 1.165) is 36.6 Å². The van der Waals surface area contributed by atoms with Crippen molar-refractivity contribution in [2.45, 2.75) is 26.7 Å². The molecule has 23 heavy (non-hydrogen) atoms. The molecule has 4 heteroatoms. The van der Waals surface area contributed by atoms with Gasteiger partial charge >= 0.3 is 0 Å². The molecule has 0 saturated heterocycles. The smallest absolute Gasteiger partial charge is 0.142 e. The van der Waals surface area contributed by atoms with Gasteiger partial charge in [-0.1, -0.05) is 6.07 Å². The first-order valence-electron chi connectivity index (χ1n) is 8.20. The third-order valence-corrected chi connectivity index (χ3v) is 3.51. The summed E-state index contributed by atoms with van der Waals surface area (Å²) in [4.78, 5) is 0. The van der Waals surface area contributed by atoms with Gasteiger partial charge in [0.1, 0.15) is 11.5 Å². The predicted molar refractivity (Wildman–Crippen MR) is 96.4 cm³/mol. The molecule has 3 N–H and O–H groups in total. The maximum atomic E-state index is 5.99. The third kappa shape index (κ3) is 5.40. The second-order valence-electron chi connectivity index (χ2n) is 5.29. The molecule has 0 aliphatic carbocycles. The Kier molecular flexibility index (Phi) is 6.60. The number of rotatable bonds is 9. The van der Waals surface area contributed by atoms with Crippen molar-refractivity contribution >= 4 is 11.4 Å². The van der Waals surface area contributed by atoms with Crippen LogP contribution < -0.4 is 20.5 Å². The number of nitrogens with one attached hydrogen (secondary N) is 1. The summed E-state index contributed by atoms with van der Waals surface area (Å²) in [5.41, 5.74) is 9.05. The van der Waals surface area contributed by atoms with E-state index in [1.807, 2.05) is 50.2 Å². The molecule has 0 aliphatic rings. The van der Waals surface area contributed by atoms with Crippen LogP contribution in [0.25, 0.3) is 0 Å². The van der Waals surface area contributed by atoms with E-state index >= 15 is 0 Å². The summed E-state index contributed by atoms with van der Waals surface area (Å²) in [7, 11) is 0. The Hall–Kier alpha value is -2.36. The first-order valence-corrected chi connectivity index (χ1v) is 8.20. The minimum Gasteiger partial charge on any atom is -0.494 e. The van der Waals surface area contributed by atoms with E-state index in [4.69, 9.17) is 15.2 Å². The SMILES string of the molecule is CCOc1ccc(NCCCc2ccc(OCC)c(N)c2)cc1. The van der Waals surface area contributed by atoms with Crippen LogP contribution in [0.2, 0.25) is 0 Å². The molecule has 2 rings (SSSR count). The summed E-state index contributed by atoms with van der Waals surface area (Å²) in [6.45, 7) is 6.19. The first kappa shape index (κ1) is 17.0. The Morgan fingerprint density at radius 1 is 0.957 bits per heavy atom. The first-order chi connectivity index (χ1) is 11.2. The monoisotopic (exact) mass is 314 g/mol. The lowest BCUT2D eigenvalue weighted by atomic mass is 10.1. The number of anilines is 2. The maximum Gasteiger partial charge on any atom is 0.142 e. The van der Waals surface area contributed by atoms with Crippen molar-refractivity contribution < 1.29 is 9.47 Å². The fourth-order valence-corrected chi connectivity index (χ4v) is 2.40. The maximum absolute atomic E-state index is 5.99. The molecular formula is C19H26N2O2. The number of nitrogen functional groups attached to an aromatic ring is 1. The Balaban J connectivity index is 1.75. The zero-order chi connectivity index (χ0) is 16.5. The second-order valence-corrected chi connectivity index (χ2v) is 5.29. The largest absolute Gasteiger partial charge is 0.494 e. The van der Waals surface area contributed by atoms with Crippen molar-refractivity contribution in [3.63, 3.8) is 0 Å². The molecule has 0 aromatic heterocycles. The Morgan fingerprint density at radius 2 is 1.70 bits per heavy atom. The van der Waals surface area contributed by atoms with Crippen LogP contribution in [0.1, 0.15) is 25.8 Å². The number of benzene rings is 2. The zero-order valence-electron chi connectivity index (χ0n) is 14.0. The van der Waals surface area contributed by atoms with E-state index in [9.17, 15) is 0 Å². The van der Waals surface area contributed by atoms with Gasteiger partial charge in [0.2, 0.25) is 0 Å². The average Bonchev–Trinajstić information content (AvgIpc) is 2.56. The van der Waals surface area contributed by atoms with Crippen LogP contribution >= 0.6 is 0 Å². The molecule has 0 amide bonds. The van der Waals surface area contributed by atoms with E-state index < -0.39 is 0 Å². The van der Waals surface area contributed by atoms with Crippen molar-refractivity contribution in [2.24, 2.45) is 0 Å². The van der Waals surface area contributed by atoms with Crippen molar-refractivity contribution in [1.82, 2.24) is 0 Å². The lowest BCUT2D eigenvalue weighted by Crippen LogP contribution is -2.03. The normalized spacial score (nSPS) is 10.3. The van der Waals surface area contributed by atoms with Gasteiger partial charge in [-0.15, -0.1) is 0 Å². The molecule has 0 aliphatic heterocycles. The highest BCUT2D eigenvalue weighted by atomic mass is 16.5. The minimum atomic E-state index is 0.634. The molecule has 124 valence electrons. The van der Waals surface area contributed by atoms with Gasteiger partial charge in [0, 0.05) is 12.2 Å². The van der Waals surface area contributed by atoms with Gasteiger partial charge in [-0.05, 0) is 68.7 Å². The highest BCUT2D eigenvalue weighted by Crippen LogP contribution is 2.23. The molecule has 2 aromatic carbocycles. The minimum absolute atomic E-state index is 0.634. The van der Waals surface area contributed by atoms with Gasteiger partial charge in [0.25, 0.3) is 0 Å². The molecule has 0 fully saturated rings. The summed E-state index contributed by atoms with van der Waals surface area (Å²) in [5.74, 6) is 1.67. The van der Waals surface area contributed by atoms with E-state index in [1.165, 1.54) is 5.56 Å². The Labute approximate surface area is 138 Å². The molecule has 0 heterocycles. The Bertz CT molecular complexity index is 597. The van der Waals surface area contributed by atoms with Gasteiger partial charge in [-0.2, -0.15) is 0 Å². The Morgan fingerprint density at radius 3 is 2.35 bits per heavy atom. The molecule has 0 bridgehead atoms. The molecular weight excluding hydrogens is 288 g/mol. The summed E-state index contributed by atoms with van der Waals surface area (Å²) >= 11 is 0. The second kappa shape index (κ2) is 8.93. The van der Waals surface area contributed by atoms with Gasteiger partial charge < -0.3 is 20.5 Å². The van der Waals surface area contributed by atoms with E-state index in [-0.39, 0.29) is 0 Å². The fourth-order valence-electron chi connectivity index (χ4n) is 2.40. The molecule has 0 saturated carbocycles. The van der Waals surface area contributed by atoms with Crippen LogP contribution in [0.5, 0.6) is 11.5 Å². The highest BCUT2D eigenvalue weighted by molar-refractivity contribution is 5.54. The van der Waals surface area contributed by atoms with E-state index in [0.29, 0.717) is 18.9 Å². The summed E-state index contributed by atoms with van der Waals surface area (Å²) < 4.78 is 10.9. The fraction of sp³-hybridized carbons (Fsp3) is 0.368. The molecule has 0 spiro atoms. The third-order valence-electron chi connectivity index (χ3n) is 3.51. The van der Waals surface area contributed by atoms with Gasteiger partial charge in [0.15, 0.2) is 0 Å². The van der Waals surface area contributed by atoms with Crippen LogP contribution in [0.4, 0.5) is 11.4 Å². The van der Waals surface area contributed by atoms with E-state index in [1.54, 1.807) is 0 Å². The summed E-state index contributed by atoms with van der Waals surface area (Å²) in [5, 5.41) is 3.42. The molecule has 2 aromatic rings. The number of hydrogen-bond donors (Lipinski definition) is 2. The molecule has 0 radical (unpaired) electrons. The summed E-state index contributed by atoms with van der Waals surface area (Å²) in [6.07, 6.45) is 2.03. The van der Waals surface area contributed by atoms with Crippen LogP contribution in [0.3, 0.4) is 0 Å². The number of ether oxygens (including phenoxy) is 2. The number of nitrogens with two attached hydrogens (primary N) is 1. The van der Waals surface area contributed by atoms with Crippen molar-refractivity contribution in [2.75, 3.05) is 30.8 Å². The summed E-state index contributed by atoms with van der Waals surface area (Å²) in [6, 6.07) is 14.1. The number of aryl methyl sites for hydroxylation is 1. The predicted octanol–water partition coefficient (Wildman–Crippen LogP) is 4.11. The standard InChI is InChI=1S/C19H26N2O2/c1-3-22-17-10-8-16(9-11-17)21-13-5-6-15-7-12-19(23-4-2)18(20)14-15/h7-12,14,21H,3-6,13,20H2,1-2H3. The molecule has 4 nitrogen and oxygen atoms in total. The van der Waals surface area contributed by atoms with Gasteiger partial charge in [-0.25, -0.2) is 0 Å². The van der Waals surface area contributed by atoms with Crippen LogP contribution in [0, 0.1) is 0 Å². The quantitative estimate of drug-likeness (QED) is 0.540. The van der Waals surface area contributed by atoms with Gasteiger partial charge in [0.05, 0.1) is 18.9 Å². The lowest BCUT2D eigenvalue weighted by molar-refractivity contribution is 0.340. The molecule has 0 atom stereocenters. The van der Waals surface area contributed by atoms with Crippen molar-refractivity contribution in [3.05, 3.63) is 48.0 Å². The van der Waals surface area contributed by atoms with Crippen molar-refractivity contribution in [3.8, 4) is 11.5 Å². The van der Waals surface area contributed by atoms with Crippen LogP contribution in [0.15, 0.2) is 42.5 Å². The zero-order valence-corrected chi connectivity index (χ0v) is 14.0. The van der Waals surface area contributed by atoms with Crippen LogP contribution in [-0.4, -0.2) is 19.8 Å². The molecule has 0 unspecified atom stereocenters. The van der Waals surface area contributed by atoms with Gasteiger partial charge in [-0.3, -0.25) is 0 Å². The number of hydrogen-bond acceptors (Lipinski definition) is 4. The topological polar surface area (TPSA) is 56.5 Å². The average molecular weight is 314 g/mol. The van der Waals surface area contributed by atoms with Crippen LogP contribution in [-0.2, 0) is 6.42 Å². The lowest BCUT2D eigenvalue weighted by Gasteiger charge is -2.10.